The summed E-state index contributed by atoms with van der Waals surface area (Å²) in [4.78, 5) is 0. The molecule has 1 aromatic carbocycles. The van der Waals surface area contributed by atoms with Gasteiger partial charge in [0.1, 0.15) is 0 Å². The molecule has 0 N–H and O–H groups in total. The zero-order chi connectivity index (χ0) is 8.27. The predicted octanol–water partition coefficient (Wildman–Crippen LogP) is 1.94. The Balaban J connectivity index is 2.94. The lowest BCUT2D eigenvalue weighted by molar-refractivity contribution is 1.48. The molecule has 0 aliphatic heterocycles. The van der Waals surface area contributed by atoms with Crippen molar-refractivity contribution >= 4 is 24.5 Å². The average Bonchev–Trinajstić information content (AvgIpc) is 2.05. The molecule has 0 aliphatic carbocycles. The second kappa shape index (κ2) is 3.67. The molecule has 0 fully saturated rings. The minimum Gasteiger partial charge on any atom is -0.341 e. The molecule has 1 aromatic rings. The van der Waals surface area contributed by atoms with Crippen molar-refractivity contribution in [3.63, 3.8) is 0 Å². The van der Waals surface area contributed by atoms with Crippen molar-refractivity contribution in [1.82, 2.24) is 0 Å². The van der Waals surface area contributed by atoms with Crippen LogP contribution < -0.4 is 4.44 Å². The highest BCUT2D eigenvalue weighted by atomic mass is 31.1. The van der Waals surface area contributed by atoms with Crippen molar-refractivity contribution in [2.75, 3.05) is 4.44 Å². The Bertz CT molecular complexity index is 273. The van der Waals surface area contributed by atoms with E-state index in [-0.39, 0.29) is 0 Å². The van der Waals surface area contributed by atoms with Gasteiger partial charge in [-0.2, -0.15) is 5.26 Å². The topological polar surface area (TPSA) is 27.0 Å². The van der Waals surface area contributed by atoms with Crippen LogP contribution in [0.25, 0.3) is 0 Å². The molecular weight excluding hydrogens is 174 g/mol. The maximum Gasteiger partial charge on any atom is 0.0991 e. The molecule has 0 saturated carbocycles. The SMILES string of the molecule is N#Cc1ccc(N(P)P)cc1. The average molecular weight is 182 g/mol. The Morgan fingerprint density at radius 3 is 2.09 bits per heavy atom. The highest BCUT2D eigenvalue weighted by molar-refractivity contribution is 7.39. The fourth-order valence-electron chi connectivity index (χ4n) is 0.708. The molecule has 0 aliphatic rings. The van der Waals surface area contributed by atoms with E-state index in [9.17, 15) is 0 Å². The fraction of sp³-hybridized carbons (Fsp3) is 0. The van der Waals surface area contributed by atoms with E-state index in [0.29, 0.717) is 5.56 Å². The maximum absolute atomic E-state index is 8.49. The quantitative estimate of drug-likeness (QED) is 0.620. The summed E-state index contributed by atoms with van der Waals surface area (Å²) in [5, 5.41) is 8.49. The number of hydrogen-bond donors (Lipinski definition) is 0. The minimum atomic E-state index is 0.686. The van der Waals surface area contributed by atoms with Crippen LogP contribution in [0, 0.1) is 11.3 Å². The van der Waals surface area contributed by atoms with Gasteiger partial charge in [-0.15, -0.1) is 0 Å². The second-order valence-corrected chi connectivity index (χ2v) is 3.77. The van der Waals surface area contributed by atoms with Gasteiger partial charge in [0.15, 0.2) is 0 Å². The molecule has 2 unspecified atom stereocenters. The van der Waals surface area contributed by atoms with E-state index in [4.69, 9.17) is 5.26 Å². The van der Waals surface area contributed by atoms with Crippen LogP contribution in [-0.2, 0) is 0 Å². The number of anilines is 1. The standard InChI is InChI=1S/C7H8N2P2/c8-5-6-1-3-7(4-2-6)9(10)11/h1-4H,10-11H2. The Labute approximate surface area is 70.7 Å². The van der Waals surface area contributed by atoms with Gasteiger partial charge in [0, 0.05) is 5.69 Å². The zero-order valence-corrected chi connectivity index (χ0v) is 8.17. The molecule has 0 amide bonds. The van der Waals surface area contributed by atoms with E-state index >= 15 is 0 Å². The number of nitrogens with zero attached hydrogens (tertiary/aromatic N) is 2. The van der Waals surface area contributed by atoms with E-state index in [1.54, 1.807) is 12.1 Å². The zero-order valence-electron chi connectivity index (χ0n) is 5.86. The molecule has 4 heteroatoms. The van der Waals surface area contributed by atoms with Crippen molar-refractivity contribution in [3.8, 4) is 6.07 Å². The Morgan fingerprint density at radius 1 is 1.18 bits per heavy atom. The Kier molecular flexibility index (Phi) is 2.83. The molecule has 2 nitrogen and oxygen atoms in total. The molecule has 11 heavy (non-hydrogen) atoms. The monoisotopic (exact) mass is 182 g/mol. The molecule has 0 aromatic heterocycles. The van der Waals surface area contributed by atoms with Gasteiger partial charge in [0.05, 0.1) is 11.6 Å². The number of rotatable bonds is 1. The lowest BCUT2D eigenvalue weighted by Gasteiger charge is -2.10. The fourth-order valence-corrected chi connectivity index (χ4v) is 1.05. The van der Waals surface area contributed by atoms with Gasteiger partial charge >= 0.3 is 0 Å². The van der Waals surface area contributed by atoms with Gasteiger partial charge in [0.2, 0.25) is 0 Å². The maximum atomic E-state index is 8.49. The van der Waals surface area contributed by atoms with Gasteiger partial charge in [0.25, 0.3) is 0 Å². The molecule has 0 spiro atoms. The van der Waals surface area contributed by atoms with Crippen LogP contribution in [0.4, 0.5) is 5.69 Å². The minimum absolute atomic E-state index is 0.686. The molecule has 0 heterocycles. The first kappa shape index (κ1) is 8.47. The summed E-state index contributed by atoms with van der Waals surface area (Å²) in [6.45, 7) is 0. The molecule has 0 bridgehead atoms. The van der Waals surface area contributed by atoms with E-state index in [0.717, 1.165) is 5.69 Å². The van der Waals surface area contributed by atoms with Crippen LogP contribution in [0.5, 0.6) is 0 Å². The van der Waals surface area contributed by atoms with Crippen molar-refractivity contribution < 1.29 is 0 Å². The van der Waals surface area contributed by atoms with Gasteiger partial charge < -0.3 is 4.44 Å². The number of benzene rings is 1. The summed E-state index contributed by atoms with van der Waals surface area (Å²) in [6.07, 6.45) is 0. The van der Waals surface area contributed by atoms with Crippen molar-refractivity contribution in [3.05, 3.63) is 29.8 Å². The second-order valence-electron chi connectivity index (χ2n) is 2.07. The van der Waals surface area contributed by atoms with E-state index in [2.05, 4.69) is 24.9 Å². The van der Waals surface area contributed by atoms with Crippen LogP contribution in [0.1, 0.15) is 5.56 Å². The van der Waals surface area contributed by atoms with Gasteiger partial charge in [-0.1, -0.05) is 0 Å². The number of nitriles is 1. The summed E-state index contributed by atoms with van der Waals surface area (Å²) >= 11 is 0. The summed E-state index contributed by atoms with van der Waals surface area (Å²) in [5.41, 5.74) is 1.73. The van der Waals surface area contributed by atoms with Crippen LogP contribution >= 0.6 is 18.8 Å². The van der Waals surface area contributed by atoms with Crippen molar-refractivity contribution in [1.29, 1.82) is 5.26 Å². The van der Waals surface area contributed by atoms with Gasteiger partial charge in [-0.25, -0.2) is 0 Å². The highest BCUT2D eigenvalue weighted by Gasteiger charge is 1.93. The van der Waals surface area contributed by atoms with Crippen LogP contribution in [0.15, 0.2) is 24.3 Å². The predicted molar refractivity (Wildman–Crippen MR) is 53.1 cm³/mol. The normalized spacial score (nSPS) is 8.82. The summed E-state index contributed by atoms with van der Waals surface area (Å²) in [6, 6.07) is 9.41. The Morgan fingerprint density at radius 2 is 1.73 bits per heavy atom. The first-order valence-electron chi connectivity index (χ1n) is 3.03. The van der Waals surface area contributed by atoms with Crippen molar-refractivity contribution in [2.45, 2.75) is 0 Å². The third-order valence-electron chi connectivity index (χ3n) is 1.29. The summed E-state index contributed by atoms with van der Waals surface area (Å²) in [5.74, 6) is 0. The van der Waals surface area contributed by atoms with Crippen molar-refractivity contribution in [2.24, 2.45) is 0 Å². The summed E-state index contributed by atoms with van der Waals surface area (Å²) in [7, 11) is 5.03. The van der Waals surface area contributed by atoms with Crippen LogP contribution in [0.2, 0.25) is 0 Å². The Hall–Kier alpha value is -0.630. The molecule has 1 rings (SSSR count). The highest BCUT2D eigenvalue weighted by Crippen LogP contribution is 2.21. The largest absolute Gasteiger partial charge is 0.341 e. The summed E-state index contributed by atoms with van der Waals surface area (Å²) < 4.78 is 1.83. The molecular formula is C7H8N2P2. The lowest BCUT2D eigenvalue weighted by atomic mass is 10.2. The third-order valence-corrected chi connectivity index (χ3v) is 1.89. The number of hydrogen-bond acceptors (Lipinski definition) is 2. The van der Waals surface area contributed by atoms with E-state index in [1.165, 1.54) is 0 Å². The first-order valence-corrected chi connectivity index (χ1v) is 4.07. The third kappa shape index (κ3) is 2.15. The van der Waals surface area contributed by atoms with E-state index in [1.807, 2.05) is 16.6 Å². The van der Waals surface area contributed by atoms with Gasteiger partial charge in [-0.3, -0.25) is 0 Å². The molecule has 56 valence electrons. The molecule has 2 atom stereocenters. The lowest BCUT2D eigenvalue weighted by Crippen LogP contribution is -1.88. The van der Waals surface area contributed by atoms with Gasteiger partial charge in [-0.05, 0) is 43.0 Å². The van der Waals surface area contributed by atoms with Crippen LogP contribution in [-0.4, -0.2) is 0 Å². The molecule has 0 radical (unpaired) electrons. The molecule has 0 saturated heterocycles. The smallest absolute Gasteiger partial charge is 0.0991 e. The van der Waals surface area contributed by atoms with E-state index < -0.39 is 0 Å². The van der Waals surface area contributed by atoms with Crippen LogP contribution in [0.3, 0.4) is 0 Å². The first-order chi connectivity index (χ1) is 5.24.